The Morgan fingerprint density at radius 1 is 1.26 bits per heavy atom. The number of rotatable bonds is 3. The zero-order valence-electron chi connectivity index (χ0n) is 10.7. The SMILES string of the molecule is Cc1ccccc1N(C)c1nc(N)ccc1[N+](=O)[O-]. The minimum atomic E-state index is -0.462. The van der Waals surface area contributed by atoms with E-state index in [0.717, 1.165) is 11.3 Å². The van der Waals surface area contributed by atoms with Crippen LogP contribution >= 0.6 is 0 Å². The monoisotopic (exact) mass is 258 g/mol. The molecule has 98 valence electrons. The van der Waals surface area contributed by atoms with Gasteiger partial charge in [-0.05, 0) is 24.6 Å². The van der Waals surface area contributed by atoms with Crippen molar-refractivity contribution in [2.24, 2.45) is 0 Å². The summed E-state index contributed by atoms with van der Waals surface area (Å²) in [5.74, 6) is 0.486. The number of aromatic nitrogens is 1. The molecule has 6 heteroatoms. The molecule has 0 bridgehead atoms. The highest BCUT2D eigenvalue weighted by Gasteiger charge is 2.20. The van der Waals surface area contributed by atoms with Crippen molar-refractivity contribution >= 4 is 23.0 Å². The van der Waals surface area contributed by atoms with Gasteiger partial charge in [-0.3, -0.25) is 10.1 Å². The summed E-state index contributed by atoms with van der Waals surface area (Å²) in [6.07, 6.45) is 0. The summed E-state index contributed by atoms with van der Waals surface area (Å²) < 4.78 is 0. The number of benzene rings is 1. The molecule has 0 spiro atoms. The second kappa shape index (κ2) is 4.93. The van der Waals surface area contributed by atoms with E-state index in [-0.39, 0.29) is 17.3 Å². The molecule has 2 rings (SSSR count). The summed E-state index contributed by atoms with van der Waals surface area (Å²) in [6.45, 7) is 1.93. The molecule has 0 aliphatic rings. The number of aryl methyl sites for hydroxylation is 1. The molecule has 1 aromatic carbocycles. The van der Waals surface area contributed by atoms with Crippen LogP contribution in [0.5, 0.6) is 0 Å². The summed E-state index contributed by atoms with van der Waals surface area (Å²) in [5.41, 5.74) is 7.41. The van der Waals surface area contributed by atoms with Gasteiger partial charge in [0, 0.05) is 18.8 Å². The maximum Gasteiger partial charge on any atom is 0.312 e. The molecule has 0 fully saturated rings. The first kappa shape index (κ1) is 12.8. The molecule has 1 aromatic heterocycles. The van der Waals surface area contributed by atoms with Crippen LogP contribution in [-0.4, -0.2) is 17.0 Å². The summed E-state index contributed by atoms with van der Waals surface area (Å²) in [6, 6.07) is 10.4. The molecule has 19 heavy (non-hydrogen) atoms. The highest BCUT2D eigenvalue weighted by atomic mass is 16.6. The number of nitrogen functional groups attached to an aromatic ring is 1. The molecule has 0 atom stereocenters. The Balaban J connectivity index is 2.55. The first-order valence-corrected chi connectivity index (χ1v) is 5.71. The van der Waals surface area contributed by atoms with Gasteiger partial charge in [-0.25, -0.2) is 4.98 Å². The Kier molecular flexibility index (Phi) is 3.33. The van der Waals surface area contributed by atoms with E-state index in [1.54, 1.807) is 11.9 Å². The van der Waals surface area contributed by atoms with Crippen molar-refractivity contribution in [2.45, 2.75) is 6.92 Å². The fourth-order valence-corrected chi connectivity index (χ4v) is 1.90. The van der Waals surface area contributed by atoms with Crippen LogP contribution in [0.3, 0.4) is 0 Å². The van der Waals surface area contributed by atoms with Crippen molar-refractivity contribution in [3.05, 3.63) is 52.1 Å². The molecule has 0 radical (unpaired) electrons. The molecular weight excluding hydrogens is 244 g/mol. The number of nitro groups is 1. The average Bonchev–Trinajstić information content (AvgIpc) is 2.38. The van der Waals surface area contributed by atoms with Crippen LogP contribution in [0.15, 0.2) is 36.4 Å². The third kappa shape index (κ3) is 2.47. The number of pyridine rings is 1. The quantitative estimate of drug-likeness (QED) is 0.675. The van der Waals surface area contributed by atoms with Crippen molar-refractivity contribution in [1.82, 2.24) is 4.98 Å². The smallest absolute Gasteiger partial charge is 0.312 e. The minimum absolute atomic E-state index is 0.0695. The predicted octanol–water partition coefficient (Wildman–Crippen LogP) is 2.65. The summed E-state index contributed by atoms with van der Waals surface area (Å²) >= 11 is 0. The second-order valence-corrected chi connectivity index (χ2v) is 4.18. The lowest BCUT2D eigenvalue weighted by atomic mass is 10.2. The summed E-state index contributed by atoms with van der Waals surface area (Å²) in [4.78, 5) is 16.3. The Bertz CT molecular complexity index is 628. The van der Waals surface area contributed by atoms with E-state index in [2.05, 4.69) is 4.98 Å². The van der Waals surface area contributed by atoms with Gasteiger partial charge < -0.3 is 10.6 Å². The maximum atomic E-state index is 11.1. The van der Waals surface area contributed by atoms with Gasteiger partial charge in [0.15, 0.2) is 0 Å². The normalized spacial score (nSPS) is 10.2. The van der Waals surface area contributed by atoms with Gasteiger partial charge in [-0.1, -0.05) is 18.2 Å². The number of hydrogen-bond acceptors (Lipinski definition) is 5. The van der Waals surface area contributed by atoms with Crippen LogP contribution < -0.4 is 10.6 Å². The summed E-state index contributed by atoms with van der Waals surface area (Å²) in [5, 5.41) is 11.1. The average molecular weight is 258 g/mol. The molecule has 6 nitrogen and oxygen atoms in total. The van der Waals surface area contributed by atoms with E-state index in [0.29, 0.717) is 0 Å². The number of anilines is 3. The molecular formula is C13H14N4O2. The van der Waals surface area contributed by atoms with Crippen molar-refractivity contribution < 1.29 is 4.92 Å². The molecule has 0 saturated carbocycles. The van der Waals surface area contributed by atoms with Crippen LogP contribution in [0.2, 0.25) is 0 Å². The molecule has 0 aliphatic carbocycles. The summed E-state index contributed by atoms with van der Waals surface area (Å²) in [7, 11) is 1.73. The first-order chi connectivity index (χ1) is 9.00. The van der Waals surface area contributed by atoms with Gasteiger partial charge in [-0.15, -0.1) is 0 Å². The highest BCUT2D eigenvalue weighted by molar-refractivity contribution is 5.71. The molecule has 0 unspecified atom stereocenters. The molecule has 0 saturated heterocycles. The van der Waals surface area contributed by atoms with Crippen molar-refractivity contribution in [3.8, 4) is 0 Å². The lowest BCUT2D eigenvalue weighted by molar-refractivity contribution is -0.384. The molecule has 1 heterocycles. The maximum absolute atomic E-state index is 11.1. The van der Waals surface area contributed by atoms with Crippen LogP contribution in [0.4, 0.5) is 23.0 Å². The Labute approximate surface area is 110 Å². The van der Waals surface area contributed by atoms with Crippen molar-refractivity contribution in [3.63, 3.8) is 0 Å². The fourth-order valence-electron chi connectivity index (χ4n) is 1.90. The number of para-hydroxylation sites is 1. The zero-order valence-corrected chi connectivity index (χ0v) is 10.7. The Morgan fingerprint density at radius 2 is 1.95 bits per heavy atom. The van der Waals surface area contributed by atoms with Crippen molar-refractivity contribution in [2.75, 3.05) is 17.7 Å². The minimum Gasteiger partial charge on any atom is -0.384 e. The van der Waals surface area contributed by atoms with Gasteiger partial charge in [0.25, 0.3) is 0 Å². The Morgan fingerprint density at radius 3 is 2.58 bits per heavy atom. The molecule has 0 amide bonds. The fraction of sp³-hybridized carbons (Fsp3) is 0.154. The molecule has 2 aromatic rings. The van der Waals surface area contributed by atoms with E-state index in [4.69, 9.17) is 5.73 Å². The van der Waals surface area contributed by atoms with Crippen molar-refractivity contribution in [1.29, 1.82) is 0 Å². The van der Waals surface area contributed by atoms with E-state index in [9.17, 15) is 10.1 Å². The lowest BCUT2D eigenvalue weighted by Gasteiger charge is -2.20. The van der Waals surface area contributed by atoms with Gasteiger partial charge in [0.1, 0.15) is 5.82 Å². The number of nitrogens with zero attached hydrogens (tertiary/aromatic N) is 3. The Hall–Kier alpha value is -2.63. The highest BCUT2D eigenvalue weighted by Crippen LogP contribution is 2.32. The standard InChI is InChI=1S/C13H14N4O2/c1-9-5-3-4-6-10(9)16(2)13-11(17(18)19)7-8-12(14)15-13/h3-8H,1-2H3,(H2,14,15). The first-order valence-electron chi connectivity index (χ1n) is 5.71. The lowest BCUT2D eigenvalue weighted by Crippen LogP contribution is -2.15. The van der Waals surface area contributed by atoms with Crippen LogP contribution in [-0.2, 0) is 0 Å². The van der Waals surface area contributed by atoms with E-state index in [1.165, 1.54) is 12.1 Å². The third-order valence-electron chi connectivity index (χ3n) is 2.87. The molecule has 2 N–H and O–H groups in total. The largest absolute Gasteiger partial charge is 0.384 e. The van der Waals surface area contributed by atoms with Crippen LogP contribution in [0, 0.1) is 17.0 Å². The van der Waals surface area contributed by atoms with Gasteiger partial charge >= 0.3 is 5.69 Å². The van der Waals surface area contributed by atoms with Crippen LogP contribution in [0.1, 0.15) is 5.56 Å². The second-order valence-electron chi connectivity index (χ2n) is 4.18. The zero-order chi connectivity index (χ0) is 14.0. The van der Waals surface area contributed by atoms with E-state index < -0.39 is 4.92 Å². The van der Waals surface area contributed by atoms with Gasteiger partial charge in [-0.2, -0.15) is 0 Å². The number of hydrogen-bond donors (Lipinski definition) is 1. The topological polar surface area (TPSA) is 85.3 Å². The van der Waals surface area contributed by atoms with Gasteiger partial charge in [0.05, 0.1) is 4.92 Å². The predicted molar refractivity (Wildman–Crippen MR) is 74.5 cm³/mol. The van der Waals surface area contributed by atoms with Crippen LogP contribution in [0.25, 0.3) is 0 Å². The number of nitrogens with two attached hydrogens (primary N) is 1. The van der Waals surface area contributed by atoms with Gasteiger partial charge in [0.2, 0.25) is 5.82 Å². The third-order valence-corrected chi connectivity index (χ3v) is 2.87. The van der Waals surface area contributed by atoms with E-state index in [1.807, 2.05) is 31.2 Å². The van der Waals surface area contributed by atoms with E-state index >= 15 is 0 Å². The molecule has 0 aliphatic heterocycles.